The van der Waals surface area contributed by atoms with Crippen LogP contribution in [-0.2, 0) is 9.53 Å². The van der Waals surface area contributed by atoms with Gasteiger partial charge in [-0.1, -0.05) is 23.7 Å². The molecule has 0 aliphatic rings. The molecule has 8 heteroatoms. The highest BCUT2D eigenvalue weighted by atomic mass is 35.5. The van der Waals surface area contributed by atoms with Crippen LogP contribution in [0.25, 0.3) is 0 Å². The fraction of sp³-hybridized carbons (Fsp3) is 0.176. The fourth-order valence-corrected chi connectivity index (χ4v) is 2.17. The van der Waals surface area contributed by atoms with Crippen molar-refractivity contribution in [3.63, 3.8) is 0 Å². The number of ether oxygens (including phenoxy) is 1. The van der Waals surface area contributed by atoms with Gasteiger partial charge < -0.3 is 20.5 Å². The monoisotopic (exact) mass is 366 g/mol. The summed E-state index contributed by atoms with van der Waals surface area (Å²) in [4.78, 5) is 23.9. The number of carbonyl (C=O) groups excluding carboxylic acids is 2. The van der Waals surface area contributed by atoms with E-state index in [0.29, 0.717) is 5.69 Å². The van der Waals surface area contributed by atoms with E-state index >= 15 is 0 Å². The summed E-state index contributed by atoms with van der Waals surface area (Å²) in [5.74, 6) is -2.07. The number of esters is 1. The minimum absolute atomic E-state index is 0.0986. The number of benzene rings is 2. The van der Waals surface area contributed by atoms with Gasteiger partial charge in [-0.05, 0) is 30.3 Å². The number of rotatable bonds is 7. The molecule has 0 unspecified atom stereocenters. The molecule has 2 aromatic carbocycles. The maximum absolute atomic E-state index is 13.6. The smallest absolute Gasteiger partial charge is 0.340 e. The lowest BCUT2D eigenvalue weighted by Gasteiger charge is -2.11. The van der Waals surface area contributed by atoms with Crippen molar-refractivity contribution in [1.29, 1.82) is 0 Å². The zero-order chi connectivity index (χ0) is 18.2. The Morgan fingerprint density at radius 1 is 1.16 bits per heavy atom. The van der Waals surface area contributed by atoms with Crippen molar-refractivity contribution in [2.45, 2.75) is 0 Å². The summed E-state index contributed by atoms with van der Waals surface area (Å²) in [5, 5.41) is 14.3. The first-order valence-corrected chi connectivity index (χ1v) is 7.75. The molecule has 1 amide bonds. The first-order valence-electron chi connectivity index (χ1n) is 7.37. The van der Waals surface area contributed by atoms with Crippen molar-refractivity contribution in [3.8, 4) is 0 Å². The van der Waals surface area contributed by atoms with Crippen LogP contribution in [-0.4, -0.2) is 36.7 Å². The van der Waals surface area contributed by atoms with Crippen molar-refractivity contribution < 1.29 is 23.8 Å². The molecule has 0 atom stereocenters. The molecular weight excluding hydrogens is 351 g/mol. The molecule has 25 heavy (non-hydrogen) atoms. The zero-order valence-corrected chi connectivity index (χ0v) is 13.8. The van der Waals surface area contributed by atoms with E-state index in [9.17, 15) is 14.0 Å². The van der Waals surface area contributed by atoms with E-state index in [1.165, 1.54) is 18.2 Å². The number of nitrogens with one attached hydrogen (secondary N) is 2. The van der Waals surface area contributed by atoms with Crippen LogP contribution < -0.4 is 10.6 Å². The molecule has 2 aromatic rings. The van der Waals surface area contributed by atoms with Crippen molar-refractivity contribution in [3.05, 3.63) is 58.9 Å². The lowest BCUT2D eigenvalue weighted by molar-refractivity contribution is -0.119. The average Bonchev–Trinajstić information content (AvgIpc) is 2.61. The predicted molar refractivity (Wildman–Crippen MR) is 92.3 cm³/mol. The second-order valence-corrected chi connectivity index (χ2v) is 5.38. The van der Waals surface area contributed by atoms with Gasteiger partial charge in [0.25, 0.3) is 5.91 Å². The Morgan fingerprint density at radius 2 is 1.92 bits per heavy atom. The van der Waals surface area contributed by atoms with Gasteiger partial charge in [-0.2, -0.15) is 0 Å². The first-order chi connectivity index (χ1) is 12.0. The summed E-state index contributed by atoms with van der Waals surface area (Å²) < 4.78 is 18.5. The highest BCUT2D eigenvalue weighted by Gasteiger charge is 2.15. The molecule has 0 saturated carbocycles. The van der Waals surface area contributed by atoms with Gasteiger partial charge in [-0.3, -0.25) is 4.79 Å². The molecule has 0 saturated heterocycles. The highest BCUT2D eigenvalue weighted by Crippen LogP contribution is 2.19. The van der Waals surface area contributed by atoms with Gasteiger partial charge >= 0.3 is 5.97 Å². The maximum atomic E-state index is 13.6. The molecule has 0 radical (unpaired) electrons. The second-order valence-electron chi connectivity index (χ2n) is 4.94. The third-order valence-corrected chi connectivity index (χ3v) is 3.35. The van der Waals surface area contributed by atoms with Crippen molar-refractivity contribution >= 4 is 34.9 Å². The maximum Gasteiger partial charge on any atom is 0.340 e. The Morgan fingerprint density at radius 3 is 2.68 bits per heavy atom. The van der Waals surface area contributed by atoms with Gasteiger partial charge in [0.15, 0.2) is 6.61 Å². The SMILES string of the molecule is O=C(COC(=O)c1ccccc1NCCO)Nc1cc(Cl)ccc1F. The Labute approximate surface area is 148 Å². The molecule has 132 valence electrons. The fourth-order valence-electron chi connectivity index (χ4n) is 1.99. The number of hydrogen-bond acceptors (Lipinski definition) is 5. The van der Waals surface area contributed by atoms with Crippen LogP contribution in [0.3, 0.4) is 0 Å². The van der Waals surface area contributed by atoms with E-state index in [2.05, 4.69) is 10.6 Å². The number of hydrogen-bond donors (Lipinski definition) is 3. The van der Waals surface area contributed by atoms with Crippen LogP contribution >= 0.6 is 11.6 Å². The number of carbonyl (C=O) groups is 2. The zero-order valence-electron chi connectivity index (χ0n) is 13.1. The number of anilines is 2. The largest absolute Gasteiger partial charge is 0.452 e. The van der Waals surface area contributed by atoms with Crippen LogP contribution in [0, 0.1) is 5.82 Å². The highest BCUT2D eigenvalue weighted by molar-refractivity contribution is 6.30. The molecule has 0 aliphatic heterocycles. The van der Waals surface area contributed by atoms with Crippen LogP contribution in [0.2, 0.25) is 5.02 Å². The van der Waals surface area contributed by atoms with Crippen molar-refractivity contribution in [2.24, 2.45) is 0 Å². The summed E-state index contributed by atoms with van der Waals surface area (Å²) in [6.45, 7) is -0.422. The summed E-state index contributed by atoms with van der Waals surface area (Å²) in [6, 6.07) is 10.2. The minimum Gasteiger partial charge on any atom is -0.452 e. The molecule has 0 heterocycles. The van der Waals surface area contributed by atoms with E-state index in [0.717, 1.165) is 6.07 Å². The van der Waals surface area contributed by atoms with Gasteiger partial charge in [-0.15, -0.1) is 0 Å². The van der Waals surface area contributed by atoms with E-state index < -0.39 is 24.3 Å². The van der Waals surface area contributed by atoms with Crippen molar-refractivity contribution in [2.75, 3.05) is 30.4 Å². The molecule has 0 fully saturated rings. The predicted octanol–water partition coefficient (Wildman–Crippen LogP) is 2.68. The molecule has 0 spiro atoms. The summed E-state index contributed by atoms with van der Waals surface area (Å²) in [6.07, 6.45) is 0. The molecule has 0 aromatic heterocycles. The summed E-state index contributed by atoms with van der Waals surface area (Å²) in [5.41, 5.74) is 0.596. The van der Waals surface area contributed by atoms with Crippen molar-refractivity contribution in [1.82, 2.24) is 0 Å². The van der Waals surface area contributed by atoms with Gasteiger partial charge in [0.1, 0.15) is 5.82 Å². The number of halogens is 2. The van der Waals surface area contributed by atoms with E-state index in [4.69, 9.17) is 21.4 Å². The number of amides is 1. The Hall–Kier alpha value is -2.64. The standard InChI is InChI=1S/C17H16ClFN2O4/c18-11-5-6-13(19)15(9-11)21-16(23)10-25-17(24)12-3-1-2-4-14(12)20-7-8-22/h1-6,9,20,22H,7-8,10H2,(H,21,23). The van der Waals surface area contributed by atoms with E-state index in [1.54, 1.807) is 18.2 Å². The summed E-state index contributed by atoms with van der Waals surface area (Å²) in [7, 11) is 0. The number of aliphatic hydroxyl groups excluding tert-OH is 1. The number of para-hydroxylation sites is 1. The normalized spacial score (nSPS) is 10.2. The molecule has 0 aliphatic carbocycles. The topological polar surface area (TPSA) is 87.7 Å². The van der Waals surface area contributed by atoms with Gasteiger partial charge in [0, 0.05) is 17.3 Å². The van der Waals surface area contributed by atoms with Crippen LogP contribution in [0.4, 0.5) is 15.8 Å². The quantitative estimate of drug-likeness (QED) is 0.656. The lowest BCUT2D eigenvalue weighted by atomic mass is 10.2. The van der Waals surface area contributed by atoms with Gasteiger partial charge in [0.05, 0.1) is 17.9 Å². The lowest BCUT2D eigenvalue weighted by Crippen LogP contribution is -2.22. The van der Waals surface area contributed by atoms with Gasteiger partial charge in [-0.25, -0.2) is 9.18 Å². The molecule has 3 N–H and O–H groups in total. The minimum atomic E-state index is -0.720. The van der Waals surface area contributed by atoms with E-state index in [1.807, 2.05) is 0 Å². The summed E-state index contributed by atoms with van der Waals surface area (Å²) >= 11 is 5.74. The first kappa shape index (κ1) is 18.7. The average molecular weight is 367 g/mol. The third-order valence-electron chi connectivity index (χ3n) is 3.11. The van der Waals surface area contributed by atoms with Crippen LogP contribution in [0.15, 0.2) is 42.5 Å². The van der Waals surface area contributed by atoms with Crippen LogP contribution in [0.1, 0.15) is 10.4 Å². The molecule has 0 bridgehead atoms. The van der Waals surface area contributed by atoms with Gasteiger partial charge in [0.2, 0.25) is 0 Å². The Kier molecular flexibility index (Phi) is 6.73. The molecule has 6 nitrogen and oxygen atoms in total. The Balaban J connectivity index is 1.95. The van der Waals surface area contributed by atoms with E-state index in [-0.39, 0.29) is 29.4 Å². The number of aliphatic hydroxyl groups is 1. The molecular formula is C17H16ClFN2O4. The van der Waals surface area contributed by atoms with Crippen LogP contribution in [0.5, 0.6) is 0 Å². The molecule has 2 rings (SSSR count). The Bertz CT molecular complexity index is 770. The second kappa shape index (κ2) is 9.00. The third kappa shape index (κ3) is 5.44.